The monoisotopic (exact) mass is 904 g/mol. The van der Waals surface area contributed by atoms with E-state index >= 15 is 0 Å². The van der Waals surface area contributed by atoms with Crippen molar-refractivity contribution in [2.75, 3.05) is 13.2 Å². The van der Waals surface area contributed by atoms with Gasteiger partial charge in [0.1, 0.15) is 30.5 Å². The van der Waals surface area contributed by atoms with Crippen LogP contribution in [0.1, 0.15) is 213 Å². The molecule has 372 valence electrons. The Hall–Kier alpha value is -2.15. The zero-order valence-electron chi connectivity index (χ0n) is 40.6. The van der Waals surface area contributed by atoms with E-state index in [-0.39, 0.29) is 6.61 Å². The topological polar surface area (TPSA) is 169 Å². The van der Waals surface area contributed by atoms with E-state index in [2.05, 4.69) is 67.8 Å². The predicted molar refractivity (Wildman–Crippen MR) is 264 cm³/mol. The van der Waals surface area contributed by atoms with Gasteiger partial charge in [-0.05, 0) is 77.0 Å². The van der Waals surface area contributed by atoms with Gasteiger partial charge in [-0.1, -0.05) is 197 Å². The van der Waals surface area contributed by atoms with Crippen molar-refractivity contribution in [1.82, 2.24) is 5.32 Å². The van der Waals surface area contributed by atoms with Crippen molar-refractivity contribution in [2.24, 2.45) is 0 Å². The maximum atomic E-state index is 13.1. The molecule has 0 aromatic heterocycles. The Morgan fingerprint density at radius 3 is 1.48 bits per heavy atom. The highest BCUT2D eigenvalue weighted by Crippen LogP contribution is 2.23. The lowest BCUT2D eigenvalue weighted by atomic mass is 9.99. The number of allylic oxidation sites excluding steroid dienone is 9. The average molecular weight is 904 g/mol. The van der Waals surface area contributed by atoms with Gasteiger partial charge >= 0.3 is 0 Å². The summed E-state index contributed by atoms with van der Waals surface area (Å²) < 4.78 is 11.1. The Morgan fingerprint density at radius 1 is 0.547 bits per heavy atom. The number of aliphatic hydroxyl groups excluding tert-OH is 6. The first-order valence-corrected chi connectivity index (χ1v) is 26.1. The predicted octanol–water partition coefficient (Wildman–Crippen LogP) is 10.9. The fourth-order valence-electron chi connectivity index (χ4n) is 7.87. The van der Waals surface area contributed by atoms with Gasteiger partial charge in [0.05, 0.1) is 25.4 Å². The maximum absolute atomic E-state index is 13.1. The summed E-state index contributed by atoms with van der Waals surface area (Å²) >= 11 is 0. The van der Waals surface area contributed by atoms with Crippen molar-refractivity contribution in [3.63, 3.8) is 0 Å². The summed E-state index contributed by atoms with van der Waals surface area (Å²) in [5, 5.41) is 64.7. The van der Waals surface area contributed by atoms with Crippen LogP contribution in [0.15, 0.2) is 60.8 Å². The number of carbonyl (C=O) groups is 1. The minimum absolute atomic E-state index is 0.295. The largest absolute Gasteiger partial charge is 0.394 e. The molecule has 10 heteroatoms. The van der Waals surface area contributed by atoms with Gasteiger partial charge in [0.15, 0.2) is 6.29 Å². The van der Waals surface area contributed by atoms with E-state index in [4.69, 9.17) is 9.47 Å². The molecule has 1 heterocycles. The lowest BCUT2D eigenvalue weighted by Crippen LogP contribution is -2.60. The van der Waals surface area contributed by atoms with E-state index in [1.807, 2.05) is 6.08 Å². The van der Waals surface area contributed by atoms with Gasteiger partial charge in [0.2, 0.25) is 5.91 Å². The molecule has 1 aliphatic heterocycles. The smallest absolute Gasteiger partial charge is 0.249 e. The Kier molecular flexibility index (Phi) is 40.6. The second-order valence-electron chi connectivity index (χ2n) is 18.1. The summed E-state index contributed by atoms with van der Waals surface area (Å²) in [6.07, 6.45) is 47.5. The number of carbonyl (C=O) groups excluding carboxylic acids is 1. The molecule has 0 aromatic carbocycles. The van der Waals surface area contributed by atoms with E-state index < -0.39 is 61.5 Å². The fourth-order valence-corrected chi connectivity index (χ4v) is 7.87. The maximum Gasteiger partial charge on any atom is 0.249 e. The van der Waals surface area contributed by atoms with Crippen molar-refractivity contribution >= 4 is 5.91 Å². The van der Waals surface area contributed by atoms with Crippen molar-refractivity contribution < 1.29 is 44.9 Å². The number of unbranched alkanes of at least 4 members (excludes halogenated alkanes) is 24. The minimum atomic E-state index is -1.62. The van der Waals surface area contributed by atoms with Gasteiger partial charge in [0.25, 0.3) is 0 Å². The second-order valence-corrected chi connectivity index (χ2v) is 18.1. The fraction of sp³-hybridized carbons (Fsp3) is 0.796. The molecular formula is C54H97NO9. The van der Waals surface area contributed by atoms with Gasteiger partial charge in [-0.15, -0.1) is 0 Å². The van der Waals surface area contributed by atoms with Crippen molar-refractivity contribution in [2.45, 2.75) is 262 Å². The van der Waals surface area contributed by atoms with Gasteiger partial charge in [-0.3, -0.25) is 4.79 Å². The molecule has 0 bridgehead atoms. The van der Waals surface area contributed by atoms with Gasteiger partial charge in [-0.2, -0.15) is 0 Å². The number of rotatable bonds is 43. The van der Waals surface area contributed by atoms with E-state index in [1.165, 1.54) is 128 Å². The highest BCUT2D eigenvalue weighted by molar-refractivity contribution is 5.80. The van der Waals surface area contributed by atoms with E-state index in [0.717, 1.165) is 51.4 Å². The van der Waals surface area contributed by atoms with Crippen LogP contribution in [-0.2, 0) is 14.3 Å². The van der Waals surface area contributed by atoms with Crippen LogP contribution in [0.2, 0.25) is 0 Å². The van der Waals surface area contributed by atoms with Crippen molar-refractivity contribution in [3.8, 4) is 0 Å². The SMILES string of the molecule is CCCCC/C=C/CC/C=C/CC/C=C/C(O)C(COC1OC(CO)C(O)C(O)C1O)NC(=O)C(O)CCCCCCCCCCCC/C=C\C/C=C\CCCCCCCCCCC. The molecule has 1 amide bonds. The number of hydrogen-bond donors (Lipinski definition) is 7. The number of hydrogen-bond acceptors (Lipinski definition) is 9. The van der Waals surface area contributed by atoms with Crippen LogP contribution in [-0.4, -0.2) is 98.7 Å². The van der Waals surface area contributed by atoms with Crippen molar-refractivity contribution in [3.05, 3.63) is 60.8 Å². The third-order valence-electron chi connectivity index (χ3n) is 12.2. The van der Waals surface area contributed by atoms with Crippen LogP contribution in [0.3, 0.4) is 0 Å². The molecule has 64 heavy (non-hydrogen) atoms. The quantitative estimate of drug-likeness (QED) is 0.0233. The Morgan fingerprint density at radius 2 is 0.969 bits per heavy atom. The van der Waals surface area contributed by atoms with Crippen LogP contribution >= 0.6 is 0 Å². The summed E-state index contributed by atoms with van der Waals surface area (Å²) in [5.41, 5.74) is 0. The molecule has 0 saturated carbocycles. The molecule has 7 N–H and O–H groups in total. The molecule has 1 rings (SSSR count). The lowest BCUT2D eigenvalue weighted by molar-refractivity contribution is -0.302. The first kappa shape index (κ1) is 59.9. The molecule has 1 saturated heterocycles. The van der Waals surface area contributed by atoms with Crippen LogP contribution in [0.25, 0.3) is 0 Å². The van der Waals surface area contributed by atoms with Gasteiger partial charge in [0, 0.05) is 0 Å². The lowest BCUT2D eigenvalue weighted by Gasteiger charge is -2.40. The summed E-state index contributed by atoms with van der Waals surface area (Å²) in [6.45, 7) is 3.55. The Bertz CT molecular complexity index is 1200. The van der Waals surface area contributed by atoms with Gasteiger partial charge in [-0.25, -0.2) is 0 Å². The molecule has 8 atom stereocenters. The molecule has 10 nitrogen and oxygen atoms in total. The van der Waals surface area contributed by atoms with Crippen LogP contribution in [0, 0.1) is 0 Å². The van der Waals surface area contributed by atoms with E-state index in [1.54, 1.807) is 6.08 Å². The molecular weight excluding hydrogens is 807 g/mol. The molecule has 0 aliphatic carbocycles. The molecule has 0 spiro atoms. The average Bonchev–Trinajstić information content (AvgIpc) is 3.29. The minimum Gasteiger partial charge on any atom is -0.394 e. The Labute approximate surface area is 390 Å². The number of aliphatic hydroxyl groups is 6. The van der Waals surface area contributed by atoms with E-state index in [0.29, 0.717) is 19.3 Å². The first-order valence-electron chi connectivity index (χ1n) is 26.1. The first-order chi connectivity index (χ1) is 31.3. The zero-order valence-corrected chi connectivity index (χ0v) is 40.6. The van der Waals surface area contributed by atoms with Crippen LogP contribution in [0.5, 0.6) is 0 Å². The molecule has 8 unspecified atom stereocenters. The van der Waals surface area contributed by atoms with Crippen LogP contribution in [0.4, 0.5) is 0 Å². The highest BCUT2D eigenvalue weighted by Gasteiger charge is 2.44. The molecule has 0 radical (unpaired) electrons. The molecule has 1 fully saturated rings. The third-order valence-corrected chi connectivity index (χ3v) is 12.2. The normalized spacial score (nSPS) is 21.0. The van der Waals surface area contributed by atoms with E-state index in [9.17, 15) is 35.4 Å². The number of nitrogens with one attached hydrogen (secondary N) is 1. The number of ether oxygens (including phenoxy) is 2. The number of amides is 1. The summed E-state index contributed by atoms with van der Waals surface area (Å²) in [4.78, 5) is 13.1. The second kappa shape index (κ2) is 43.4. The molecule has 0 aromatic rings. The summed E-state index contributed by atoms with van der Waals surface area (Å²) in [7, 11) is 0. The third kappa shape index (κ3) is 32.5. The zero-order chi connectivity index (χ0) is 46.7. The summed E-state index contributed by atoms with van der Waals surface area (Å²) in [6, 6.07) is -1.01. The highest BCUT2D eigenvalue weighted by atomic mass is 16.7. The van der Waals surface area contributed by atoms with Gasteiger partial charge < -0.3 is 45.4 Å². The summed E-state index contributed by atoms with van der Waals surface area (Å²) in [5.74, 6) is -0.635. The van der Waals surface area contributed by atoms with Crippen LogP contribution < -0.4 is 5.32 Å². The van der Waals surface area contributed by atoms with Crippen molar-refractivity contribution in [1.29, 1.82) is 0 Å². The molecule has 1 aliphatic rings. The standard InChI is InChI=1S/C54H97NO9/c1-3-5-7-9-11-13-15-17-18-19-20-21-22-23-24-25-26-27-28-29-31-33-35-37-39-41-43-48(58)53(62)55-46(45-63-54-52(61)51(60)50(59)49(44-56)64-54)47(57)42-40-38-36-34-32-30-16-14-12-10-8-6-4-2/h12,14,20-21,23-24,32,34,40,42,46-52,54,56-61H,3-11,13,15-19,22,25-31,33,35-39,41,43-45H2,1-2H3,(H,55,62)/b14-12+,21-20-,24-23-,34-32+,42-40+. The Balaban J connectivity index is 2.30.